The third kappa shape index (κ3) is 3.57. The van der Waals surface area contributed by atoms with Crippen LogP contribution in [0.3, 0.4) is 0 Å². The van der Waals surface area contributed by atoms with Crippen molar-refractivity contribution >= 4 is 33.4 Å². The summed E-state index contributed by atoms with van der Waals surface area (Å²) in [5, 5.41) is 3.10. The smallest absolute Gasteiger partial charge is 0.263 e. The molecular weight excluding hydrogens is 408 g/mol. The van der Waals surface area contributed by atoms with Crippen LogP contribution in [0.1, 0.15) is 20.7 Å². The molecule has 5 nitrogen and oxygen atoms in total. The second-order valence-corrected chi connectivity index (χ2v) is 6.92. The molecule has 27 heavy (non-hydrogen) atoms. The van der Waals surface area contributed by atoms with Crippen molar-refractivity contribution < 1.29 is 14.3 Å². The van der Waals surface area contributed by atoms with E-state index in [0.29, 0.717) is 16.9 Å². The number of nitrogens with one attached hydrogen (secondary N) is 1. The largest absolute Gasteiger partial charge is 0.457 e. The molecule has 0 bridgehead atoms. The lowest BCUT2D eigenvalue weighted by molar-refractivity contribution is 0.0666. The molecule has 0 saturated carbocycles. The summed E-state index contributed by atoms with van der Waals surface area (Å²) in [6, 6.07) is 21.9. The van der Waals surface area contributed by atoms with Crippen LogP contribution in [-0.2, 0) is 0 Å². The summed E-state index contributed by atoms with van der Waals surface area (Å²) in [5.74, 6) is 0.875. The highest BCUT2D eigenvalue weighted by Gasteiger charge is 2.35. The van der Waals surface area contributed by atoms with Gasteiger partial charge in [-0.25, -0.2) is 0 Å². The molecule has 0 unspecified atom stereocenters. The fourth-order valence-corrected chi connectivity index (χ4v) is 3.20. The Morgan fingerprint density at radius 1 is 0.815 bits per heavy atom. The molecule has 0 radical (unpaired) electrons. The standard InChI is InChI=1S/C21H15BrN2O3/c22-14-6-11-18-19(12-14)21(26)24(20(18)25)13-23-15-7-9-17(10-8-15)27-16-4-2-1-3-5-16/h1-12,23H,13H2. The number of hydrogen-bond donors (Lipinski definition) is 1. The highest BCUT2D eigenvalue weighted by Crippen LogP contribution is 2.26. The van der Waals surface area contributed by atoms with Gasteiger partial charge in [-0.3, -0.25) is 14.5 Å². The summed E-state index contributed by atoms with van der Waals surface area (Å²) < 4.78 is 6.52. The number of para-hydroxylation sites is 1. The molecule has 0 atom stereocenters. The Bertz CT molecular complexity index is 1000. The Kier molecular flexibility index (Phi) is 4.64. The third-order valence-corrected chi connectivity index (χ3v) is 4.70. The van der Waals surface area contributed by atoms with Gasteiger partial charge in [-0.05, 0) is 54.6 Å². The topological polar surface area (TPSA) is 58.6 Å². The molecule has 0 spiro atoms. The number of ether oxygens (including phenoxy) is 1. The first-order valence-electron chi connectivity index (χ1n) is 8.34. The lowest BCUT2D eigenvalue weighted by Gasteiger charge is -2.16. The monoisotopic (exact) mass is 422 g/mol. The SMILES string of the molecule is O=C1c2ccc(Br)cc2C(=O)N1CNc1ccc(Oc2ccccc2)cc1. The van der Waals surface area contributed by atoms with Gasteiger partial charge in [-0.15, -0.1) is 0 Å². The van der Waals surface area contributed by atoms with Crippen molar-refractivity contribution in [3.05, 3.63) is 88.4 Å². The van der Waals surface area contributed by atoms with Crippen molar-refractivity contribution in [1.82, 2.24) is 4.90 Å². The van der Waals surface area contributed by atoms with E-state index < -0.39 is 0 Å². The van der Waals surface area contributed by atoms with Crippen LogP contribution < -0.4 is 10.1 Å². The quantitative estimate of drug-likeness (QED) is 0.593. The Morgan fingerprint density at radius 2 is 1.48 bits per heavy atom. The van der Waals surface area contributed by atoms with E-state index in [1.807, 2.05) is 54.6 Å². The number of carbonyl (C=O) groups excluding carboxylic acids is 2. The van der Waals surface area contributed by atoms with Crippen LogP contribution in [0.15, 0.2) is 77.3 Å². The fourth-order valence-electron chi connectivity index (χ4n) is 2.84. The third-order valence-electron chi connectivity index (χ3n) is 4.21. The van der Waals surface area contributed by atoms with Crippen molar-refractivity contribution in [1.29, 1.82) is 0 Å². The van der Waals surface area contributed by atoms with Gasteiger partial charge in [0.2, 0.25) is 0 Å². The fraction of sp³-hybridized carbons (Fsp3) is 0.0476. The van der Waals surface area contributed by atoms with E-state index >= 15 is 0 Å². The van der Waals surface area contributed by atoms with Crippen molar-refractivity contribution in [3.8, 4) is 11.5 Å². The molecule has 2 amide bonds. The van der Waals surface area contributed by atoms with Gasteiger partial charge in [0.1, 0.15) is 11.5 Å². The summed E-state index contributed by atoms with van der Waals surface area (Å²) in [4.78, 5) is 26.1. The van der Waals surface area contributed by atoms with E-state index in [0.717, 1.165) is 15.9 Å². The number of amides is 2. The van der Waals surface area contributed by atoms with Crippen LogP contribution in [0.4, 0.5) is 5.69 Å². The molecule has 1 aliphatic rings. The van der Waals surface area contributed by atoms with E-state index in [-0.39, 0.29) is 18.5 Å². The van der Waals surface area contributed by atoms with E-state index in [1.54, 1.807) is 18.2 Å². The number of imide groups is 1. The minimum atomic E-state index is -0.298. The predicted molar refractivity (Wildman–Crippen MR) is 106 cm³/mol. The van der Waals surface area contributed by atoms with Gasteiger partial charge in [0.25, 0.3) is 11.8 Å². The highest BCUT2D eigenvalue weighted by atomic mass is 79.9. The number of fused-ring (bicyclic) bond motifs is 1. The zero-order chi connectivity index (χ0) is 18.8. The Morgan fingerprint density at radius 3 is 2.22 bits per heavy atom. The number of benzene rings is 3. The van der Waals surface area contributed by atoms with Crippen LogP contribution in [0, 0.1) is 0 Å². The predicted octanol–water partition coefficient (Wildman–Crippen LogP) is 4.91. The first kappa shape index (κ1) is 17.3. The van der Waals surface area contributed by atoms with Gasteiger partial charge < -0.3 is 10.1 Å². The van der Waals surface area contributed by atoms with Gasteiger partial charge in [0.15, 0.2) is 0 Å². The van der Waals surface area contributed by atoms with Crippen molar-refractivity contribution in [2.45, 2.75) is 0 Å². The van der Waals surface area contributed by atoms with E-state index in [4.69, 9.17) is 4.74 Å². The van der Waals surface area contributed by atoms with Crippen LogP contribution >= 0.6 is 15.9 Å². The summed E-state index contributed by atoms with van der Waals surface area (Å²) in [6.07, 6.45) is 0. The summed E-state index contributed by atoms with van der Waals surface area (Å²) >= 11 is 3.33. The maximum atomic E-state index is 12.5. The highest BCUT2D eigenvalue weighted by molar-refractivity contribution is 9.10. The first-order chi connectivity index (χ1) is 13.1. The lowest BCUT2D eigenvalue weighted by Crippen LogP contribution is -2.34. The second kappa shape index (κ2) is 7.25. The van der Waals surface area contributed by atoms with Gasteiger partial charge in [-0.2, -0.15) is 0 Å². The minimum Gasteiger partial charge on any atom is -0.457 e. The molecule has 0 saturated heterocycles. The van der Waals surface area contributed by atoms with Crippen LogP contribution in [0.5, 0.6) is 11.5 Å². The molecule has 3 aromatic carbocycles. The molecule has 0 aliphatic carbocycles. The van der Waals surface area contributed by atoms with Gasteiger partial charge in [0, 0.05) is 10.2 Å². The van der Waals surface area contributed by atoms with Crippen LogP contribution in [0.25, 0.3) is 0 Å². The Balaban J connectivity index is 1.41. The number of halogens is 1. The van der Waals surface area contributed by atoms with E-state index in [9.17, 15) is 9.59 Å². The number of carbonyl (C=O) groups is 2. The van der Waals surface area contributed by atoms with Crippen molar-refractivity contribution in [2.24, 2.45) is 0 Å². The van der Waals surface area contributed by atoms with Crippen molar-refractivity contribution in [2.75, 3.05) is 12.0 Å². The molecule has 4 rings (SSSR count). The maximum absolute atomic E-state index is 12.5. The Hall–Kier alpha value is -3.12. The van der Waals surface area contributed by atoms with Gasteiger partial charge in [-0.1, -0.05) is 34.1 Å². The Labute approximate surface area is 164 Å². The van der Waals surface area contributed by atoms with Gasteiger partial charge in [0.05, 0.1) is 17.8 Å². The molecule has 1 heterocycles. The summed E-state index contributed by atoms with van der Waals surface area (Å²) in [5.41, 5.74) is 1.63. The summed E-state index contributed by atoms with van der Waals surface area (Å²) in [6.45, 7) is 0.100. The van der Waals surface area contributed by atoms with Crippen molar-refractivity contribution in [3.63, 3.8) is 0 Å². The zero-order valence-electron chi connectivity index (χ0n) is 14.2. The zero-order valence-corrected chi connectivity index (χ0v) is 15.8. The molecule has 3 aromatic rings. The number of rotatable bonds is 5. The molecule has 134 valence electrons. The second-order valence-electron chi connectivity index (χ2n) is 6.00. The summed E-state index contributed by atoms with van der Waals surface area (Å²) in [7, 11) is 0. The van der Waals surface area contributed by atoms with E-state index in [1.165, 1.54) is 4.90 Å². The molecule has 1 N–H and O–H groups in total. The molecule has 6 heteroatoms. The van der Waals surface area contributed by atoms with Gasteiger partial charge >= 0.3 is 0 Å². The van der Waals surface area contributed by atoms with Crippen LogP contribution in [-0.4, -0.2) is 23.4 Å². The molecule has 1 aliphatic heterocycles. The normalized spacial score (nSPS) is 12.9. The van der Waals surface area contributed by atoms with E-state index in [2.05, 4.69) is 21.2 Å². The lowest BCUT2D eigenvalue weighted by atomic mass is 10.1. The molecular formula is C21H15BrN2O3. The van der Waals surface area contributed by atoms with Crippen LogP contribution in [0.2, 0.25) is 0 Å². The molecule has 0 aromatic heterocycles. The first-order valence-corrected chi connectivity index (χ1v) is 9.14. The average molecular weight is 423 g/mol. The number of nitrogens with zero attached hydrogens (tertiary/aromatic N) is 1. The maximum Gasteiger partial charge on any atom is 0.263 e. The minimum absolute atomic E-state index is 0.100. The number of hydrogen-bond acceptors (Lipinski definition) is 4. The average Bonchev–Trinajstić information content (AvgIpc) is 2.92. The number of anilines is 1. The molecule has 0 fully saturated rings.